The molecular formula is C16H25N3O. The number of hydrogen-bond acceptors (Lipinski definition) is 3. The lowest BCUT2D eigenvalue weighted by atomic mass is 10.1. The van der Waals surface area contributed by atoms with E-state index in [-0.39, 0.29) is 11.9 Å². The minimum Gasteiger partial charge on any atom is -0.372 e. The Bertz CT molecular complexity index is 422. The molecule has 3 N–H and O–H groups in total. The molecule has 20 heavy (non-hydrogen) atoms. The Morgan fingerprint density at radius 1 is 1.30 bits per heavy atom. The normalized spacial score (nSPS) is 16.2. The van der Waals surface area contributed by atoms with Crippen molar-refractivity contribution in [3.63, 3.8) is 0 Å². The second-order valence-electron chi connectivity index (χ2n) is 5.66. The zero-order valence-electron chi connectivity index (χ0n) is 12.3. The summed E-state index contributed by atoms with van der Waals surface area (Å²) in [5, 5.41) is 2.94. The van der Waals surface area contributed by atoms with Crippen molar-refractivity contribution in [1.29, 1.82) is 0 Å². The van der Waals surface area contributed by atoms with Gasteiger partial charge in [0.2, 0.25) is 5.91 Å². The topological polar surface area (TPSA) is 58.4 Å². The van der Waals surface area contributed by atoms with Crippen LogP contribution in [0.4, 0.5) is 11.4 Å². The van der Waals surface area contributed by atoms with Crippen LogP contribution in [-0.2, 0) is 4.79 Å². The minimum atomic E-state index is 0.0690. The van der Waals surface area contributed by atoms with Gasteiger partial charge < -0.3 is 16.0 Å². The summed E-state index contributed by atoms with van der Waals surface area (Å²) in [6.45, 7) is 4.25. The van der Waals surface area contributed by atoms with E-state index in [1.807, 2.05) is 19.1 Å². The molecule has 1 fully saturated rings. The van der Waals surface area contributed by atoms with Crippen LogP contribution in [0.2, 0.25) is 0 Å². The second kappa shape index (κ2) is 7.29. The van der Waals surface area contributed by atoms with Crippen molar-refractivity contribution in [3.05, 3.63) is 24.3 Å². The molecule has 0 radical (unpaired) electrons. The van der Waals surface area contributed by atoms with E-state index in [0.29, 0.717) is 6.42 Å². The zero-order valence-corrected chi connectivity index (χ0v) is 12.3. The molecule has 0 aliphatic carbocycles. The molecule has 0 spiro atoms. The van der Waals surface area contributed by atoms with Crippen LogP contribution >= 0.6 is 0 Å². The van der Waals surface area contributed by atoms with Crippen molar-refractivity contribution >= 4 is 17.3 Å². The van der Waals surface area contributed by atoms with Crippen molar-refractivity contribution in [1.82, 2.24) is 0 Å². The molecule has 0 bridgehead atoms. The molecule has 2 rings (SSSR count). The predicted octanol–water partition coefficient (Wildman–Crippen LogP) is 2.74. The van der Waals surface area contributed by atoms with E-state index in [1.54, 1.807) is 0 Å². The van der Waals surface area contributed by atoms with Crippen LogP contribution in [0.3, 0.4) is 0 Å². The standard InChI is InChI=1S/C16H25N3O/c1-13(17)5-4-6-16(20)18-14-7-9-15(10-8-14)19-11-2-3-12-19/h7-10,13H,2-6,11-12,17H2,1H3,(H,18,20). The fraction of sp³-hybridized carbons (Fsp3) is 0.562. The van der Waals surface area contributed by atoms with Gasteiger partial charge in [-0.15, -0.1) is 0 Å². The Hall–Kier alpha value is -1.55. The highest BCUT2D eigenvalue weighted by Gasteiger charge is 2.12. The molecular weight excluding hydrogens is 250 g/mol. The Kier molecular flexibility index (Phi) is 5.41. The summed E-state index contributed by atoms with van der Waals surface area (Å²) in [7, 11) is 0. The number of benzene rings is 1. The average Bonchev–Trinajstić information content (AvgIpc) is 2.93. The van der Waals surface area contributed by atoms with Gasteiger partial charge in [-0.3, -0.25) is 4.79 Å². The summed E-state index contributed by atoms with van der Waals surface area (Å²) in [4.78, 5) is 14.2. The molecule has 1 aliphatic rings. The number of nitrogens with one attached hydrogen (secondary N) is 1. The van der Waals surface area contributed by atoms with Crippen LogP contribution in [0.15, 0.2) is 24.3 Å². The van der Waals surface area contributed by atoms with Gasteiger partial charge in [-0.05, 0) is 56.9 Å². The SMILES string of the molecule is CC(N)CCCC(=O)Nc1ccc(N2CCCC2)cc1. The molecule has 0 saturated carbocycles. The maximum absolute atomic E-state index is 11.8. The predicted molar refractivity (Wildman–Crippen MR) is 84.0 cm³/mol. The summed E-state index contributed by atoms with van der Waals surface area (Å²) >= 11 is 0. The molecule has 1 aliphatic heterocycles. The van der Waals surface area contributed by atoms with E-state index < -0.39 is 0 Å². The lowest BCUT2D eigenvalue weighted by Crippen LogP contribution is -2.18. The first-order chi connectivity index (χ1) is 9.65. The van der Waals surface area contributed by atoms with Crippen molar-refractivity contribution < 1.29 is 4.79 Å². The smallest absolute Gasteiger partial charge is 0.224 e. The Balaban J connectivity index is 1.79. The minimum absolute atomic E-state index is 0.0690. The number of nitrogens with two attached hydrogens (primary N) is 1. The Morgan fingerprint density at radius 3 is 2.55 bits per heavy atom. The molecule has 1 amide bonds. The lowest BCUT2D eigenvalue weighted by molar-refractivity contribution is -0.116. The zero-order chi connectivity index (χ0) is 14.4. The maximum Gasteiger partial charge on any atom is 0.224 e. The van der Waals surface area contributed by atoms with Crippen molar-refractivity contribution in [2.24, 2.45) is 5.73 Å². The number of hydrogen-bond donors (Lipinski definition) is 2. The molecule has 1 aromatic rings. The third-order valence-corrected chi connectivity index (χ3v) is 3.69. The van der Waals surface area contributed by atoms with Crippen molar-refractivity contribution in [2.45, 2.75) is 45.1 Å². The quantitative estimate of drug-likeness (QED) is 0.839. The van der Waals surface area contributed by atoms with Gasteiger partial charge in [0.25, 0.3) is 0 Å². The first-order valence-corrected chi connectivity index (χ1v) is 7.55. The third-order valence-electron chi connectivity index (χ3n) is 3.69. The number of anilines is 2. The van der Waals surface area contributed by atoms with Crippen LogP contribution in [0, 0.1) is 0 Å². The highest BCUT2D eigenvalue weighted by atomic mass is 16.1. The van der Waals surface area contributed by atoms with Gasteiger partial charge in [-0.2, -0.15) is 0 Å². The highest BCUT2D eigenvalue weighted by molar-refractivity contribution is 5.90. The number of amides is 1. The number of rotatable bonds is 6. The monoisotopic (exact) mass is 275 g/mol. The summed E-state index contributed by atoms with van der Waals surface area (Å²) in [6.07, 6.45) is 4.82. The molecule has 4 heteroatoms. The van der Waals surface area contributed by atoms with Gasteiger partial charge in [0.05, 0.1) is 0 Å². The molecule has 1 aromatic carbocycles. The van der Waals surface area contributed by atoms with Crippen LogP contribution in [-0.4, -0.2) is 25.0 Å². The Labute approximate surface area is 121 Å². The van der Waals surface area contributed by atoms with Crippen LogP contribution in [0.1, 0.15) is 39.0 Å². The maximum atomic E-state index is 11.8. The molecule has 1 saturated heterocycles. The lowest BCUT2D eigenvalue weighted by Gasteiger charge is -2.17. The number of nitrogens with zero attached hydrogens (tertiary/aromatic N) is 1. The van der Waals surface area contributed by atoms with E-state index >= 15 is 0 Å². The van der Waals surface area contributed by atoms with Gasteiger partial charge in [0.1, 0.15) is 0 Å². The average molecular weight is 275 g/mol. The summed E-state index contributed by atoms with van der Waals surface area (Å²) in [5.41, 5.74) is 7.79. The van der Waals surface area contributed by atoms with Crippen molar-refractivity contribution in [2.75, 3.05) is 23.3 Å². The number of carbonyl (C=O) groups is 1. The molecule has 0 aromatic heterocycles. The fourth-order valence-corrected chi connectivity index (χ4v) is 2.54. The van der Waals surface area contributed by atoms with Gasteiger partial charge >= 0.3 is 0 Å². The first kappa shape index (κ1) is 14.9. The van der Waals surface area contributed by atoms with E-state index in [4.69, 9.17) is 5.73 Å². The van der Waals surface area contributed by atoms with Gasteiger partial charge in [-0.1, -0.05) is 0 Å². The third kappa shape index (κ3) is 4.53. The van der Waals surface area contributed by atoms with E-state index in [9.17, 15) is 4.79 Å². The highest BCUT2D eigenvalue weighted by Crippen LogP contribution is 2.22. The fourth-order valence-electron chi connectivity index (χ4n) is 2.54. The Morgan fingerprint density at radius 2 is 1.95 bits per heavy atom. The molecule has 110 valence electrons. The van der Waals surface area contributed by atoms with Gasteiger partial charge in [0.15, 0.2) is 0 Å². The van der Waals surface area contributed by atoms with Gasteiger partial charge in [-0.25, -0.2) is 0 Å². The molecule has 4 nitrogen and oxygen atoms in total. The van der Waals surface area contributed by atoms with E-state index in [0.717, 1.165) is 31.6 Å². The van der Waals surface area contributed by atoms with Crippen molar-refractivity contribution in [3.8, 4) is 0 Å². The van der Waals surface area contributed by atoms with E-state index in [2.05, 4.69) is 22.3 Å². The number of carbonyl (C=O) groups excluding carboxylic acids is 1. The molecule has 1 heterocycles. The summed E-state index contributed by atoms with van der Waals surface area (Å²) in [6, 6.07) is 8.31. The van der Waals surface area contributed by atoms with Crippen LogP contribution in [0.25, 0.3) is 0 Å². The summed E-state index contributed by atoms with van der Waals surface area (Å²) < 4.78 is 0. The van der Waals surface area contributed by atoms with E-state index in [1.165, 1.54) is 18.5 Å². The largest absolute Gasteiger partial charge is 0.372 e. The molecule has 1 unspecified atom stereocenters. The first-order valence-electron chi connectivity index (χ1n) is 7.55. The molecule has 1 atom stereocenters. The second-order valence-corrected chi connectivity index (χ2v) is 5.66. The van der Waals surface area contributed by atoms with Crippen LogP contribution < -0.4 is 16.0 Å². The van der Waals surface area contributed by atoms with Crippen LogP contribution in [0.5, 0.6) is 0 Å². The summed E-state index contributed by atoms with van der Waals surface area (Å²) in [5.74, 6) is 0.0690. The van der Waals surface area contributed by atoms with Gasteiger partial charge in [0, 0.05) is 36.9 Å².